The van der Waals surface area contributed by atoms with Crippen LogP contribution in [0.3, 0.4) is 0 Å². The summed E-state index contributed by atoms with van der Waals surface area (Å²) in [4.78, 5) is 0. The molecule has 8 heteroatoms. The third-order valence-electron chi connectivity index (χ3n) is 6.31. The summed E-state index contributed by atoms with van der Waals surface area (Å²) in [6, 6.07) is 9.81. The van der Waals surface area contributed by atoms with E-state index in [1.54, 1.807) is 12.1 Å². The van der Waals surface area contributed by atoms with Gasteiger partial charge in [0.25, 0.3) is 0 Å². The Morgan fingerprint density at radius 3 is 2.00 bits per heavy atom. The second-order valence-electron chi connectivity index (χ2n) is 8.69. The Morgan fingerprint density at radius 1 is 0.824 bits per heavy atom. The highest BCUT2D eigenvalue weighted by Gasteiger charge is 2.39. The van der Waals surface area contributed by atoms with Crippen molar-refractivity contribution in [2.24, 2.45) is 5.92 Å². The Morgan fingerprint density at radius 2 is 1.41 bits per heavy atom. The number of hydrogen-bond donors (Lipinski definition) is 0. The zero-order valence-corrected chi connectivity index (χ0v) is 18.9. The average molecular weight is 499 g/mol. The number of alkyl halides is 2. The van der Waals surface area contributed by atoms with Gasteiger partial charge in [-0.1, -0.05) is 61.7 Å². The van der Waals surface area contributed by atoms with Gasteiger partial charge < -0.3 is 4.74 Å². The zero-order chi connectivity index (χ0) is 24.6. The van der Waals surface area contributed by atoms with E-state index < -0.39 is 45.7 Å². The molecule has 0 aromatic heterocycles. The number of hydrogen-bond acceptors (Lipinski definition) is 1. The largest absolute Gasteiger partial charge is 0.429 e. The maximum absolute atomic E-state index is 15.0. The number of rotatable bonds is 5. The molecule has 3 aromatic carbocycles. The quantitative estimate of drug-likeness (QED) is 0.252. The average Bonchev–Trinajstić information content (AvgIpc) is 2.79. The summed E-state index contributed by atoms with van der Waals surface area (Å²) in [6.07, 6.45) is 0.255. The first-order valence-electron chi connectivity index (χ1n) is 10.9. The molecule has 0 N–H and O–H groups in total. The van der Waals surface area contributed by atoms with Gasteiger partial charge in [-0.3, -0.25) is 0 Å². The molecule has 0 atom stereocenters. The van der Waals surface area contributed by atoms with Crippen LogP contribution >= 0.6 is 11.6 Å². The van der Waals surface area contributed by atoms with Gasteiger partial charge in [-0.2, -0.15) is 8.78 Å². The van der Waals surface area contributed by atoms with Crippen LogP contribution in [0.25, 0.3) is 11.1 Å². The number of benzene rings is 3. The summed E-state index contributed by atoms with van der Waals surface area (Å²) in [5.74, 6) is -6.14. The van der Waals surface area contributed by atoms with Crippen molar-refractivity contribution in [1.29, 1.82) is 0 Å². The van der Waals surface area contributed by atoms with Crippen LogP contribution in [0.1, 0.15) is 49.7 Å². The number of halogens is 7. The highest BCUT2D eigenvalue weighted by Crippen LogP contribution is 2.41. The van der Waals surface area contributed by atoms with E-state index in [-0.39, 0.29) is 17.7 Å². The fourth-order valence-corrected chi connectivity index (χ4v) is 4.59. The zero-order valence-electron chi connectivity index (χ0n) is 18.2. The van der Waals surface area contributed by atoms with Crippen LogP contribution in [0.5, 0.6) is 5.75 Å². The first kappa shape index (κ1) is 24.5. The van der Waals surface area contributed by atoms with Crippen molar-refractivity contribution >= 4 is 11.6 Å². The normalized spacial score (nSPS) is 18.7. The van der Waals surface area contributed by atoms with E-state index in [4.69, 9.17) is 11.6 Å². The predicted molar refractivity (Wildman–Crippen MR) is 118 cm³/mol. The lowest BCUT2D eigenvalue weighted by Crippen LogP contribution is -2.23. The molecule has 0 aliphatic heterocycles. The minimum Gasteiger partial charge on any atom is -0.429 e. The molecule has 3 aromatic rings. The van der Waals surface area contributed by atoms with E-state index in [2.05, 4.69) is 11.7 Å². The van der Waals surface area contributed by atoms with Crippen molar-refractivity contribution in [1.82, 2.24) is 0 Å². The Labute approximate surface area is 198 Å². The van der Waals surface area contributed by atoms with Crippen LogP contribution in [0.15, 0.2) is 48.5 Å². The highest BCUT2D eigenvalue weighted by molar-refractivity contribution is 6.32. The molecule has 0 amide bonds. The first-order valence-corrected chi connectivity index (χ1v) is 11.2. The standard InChI is InChI=1S/C26H21ClF6O/c1-14-2-4-15(5-3-14)16-6-8-17(9-7-16)19-10-11-20(23(27)24(19)30)26(32,33)34-18-12-21(28)25(31)22(29)13-18/h6-15H,2-5H2,1H3. The second-order valence-corrected chi connectivity index (χ2v) is 9.07. The van der Waals surface area contributed by atoms with Gasteiger partial charge in [0, 0.05) is 17.7 Å². The van der Waals surface area contributed by atoms with Crippen LogP contribution in [-0.4, -0.2) is 0 Å². The molecule has 1 aliphatic carbocycles. The van der Waals surface area contributed by atoms with Crippen LogP contribution in [-0.2, 0) is 6.11 Å². The summed E-state index contributed by atoms with van der Waals surface area (Å²) in [6.45, 7) is 2.24. The van der Waals surface area contributed by atoms with Crippen molar-refractivity contribution in [3.05, 3.63) is 87.9 Å². The summed E-state index contributed by atoms with van der Waals surface area (Å²) < 4.78 is 88.4. The highest BCUT2D eigenvalue weighted by atomic mass is 35.5. The van der Waals surface area contributed by atoms with Gasteiger partial charge in [-0.15, -0.1) is 0 Å². The van der Waals surface area contributed by atoms with Crippen molar-refractivity contribution in [3.8, 4) is 16.9 Å². The lowest BCUT2D eigenvalue weighted by molar-refractivity contribution is -0.185. The second kappa shape index (κ2) is 9.53. The molecule has 0 unspecified atom stereocenters. The van der Waals surface area contributed by atoms with Gasteiger partial charge in [0.1, 0.15) is 11.6 Å². The summed E-state index contributed by atoms with van der Waals surface area (Å²) in [7, 11) is 0. The van der Waals surface area contributed by atoms with Gasteiger partial charge in [0.15, 0.2) is 17.5 Å². The van der Waals surface area contributed by atoms with Crippen molar-refractivity contribution in [2.75, 3.05) is 0 Å². The minimum absolute atomic E-state index is 0.0206. The molecule has 0 radical (unpaired) electrons. The van der Waals surface area contributed by atoms with Gasteiger partial charge in [0.2, 0.25) is 0 Å². The van der Waals surface area contributed by atoms with Crippen molar-refractivity contribution in [3.63, 3.8) is 0 Å². The maximum atomic E-state index is 15.0. The van der Waals surface area contributed by atoms with E-state index in [9.17, 15) is 22.0 Å². The summed E-state index contributed by atoms with van der Waals surface area (Å²) in [5, 5.41) is -0.893. The SMILES string of the molecule is CC1CCC(c2ccc(-c3ccc(C(F)(F)Oc4cc(F)c(F)c(F)c4)c(Cl)c3F)cc2)CC1. The molecule has 1 fully saturated rings. The fourth-order valence-electron chi connectivity index (χ4n) is 4.32. The van der Waals surface area contributed by atoms with Crippen LogP contribution in [0.4, 0.5) is 26.3 Å². The van der Waals surface area contributed by atoms with E-state index in [1.165, 1.54) is 0 Å². The van der Waals surface area contributed by atoms with Gasteiger partial charge in [-0.25, -0.2) is 17.6 Å². The Bertz CT molecular complexity index is 1160. The topological polar surface area (TPSA) is 9.23 Å². The molecular weight excluding hydrogens is 478 g/mol. The summed E-state index contributed by atoms with van der Waals surface area (Å²) >= 11 is 5.91. The van der Waals surface area contributed by atoms with Crippen LogP contribution < -0.4 is 4.74 Å². The third kappa shape index (κ3) is 4.90. The lowest BCUT2D eigenvalue weighted by atomic mass is 9.79. The molecular formula is C26H21ClF6O. The van der Waals surface area contributed by atoms with Crippen LogP contribution in [0, 0.1) is 29.2 Å². The Kier molecular flexibility index (Phi) is 6.85. The van der Waals surface area contributed by atoms with Gasteiger partial charge in [-0.05, 0) is 41.9 Å². The van der Waals surface area contributed by atoms with E-state index in [0.29, 0.717) is 17.4 Å². The molecule has 1 nitrogen and oxygen atoms in total. The first-order chi connectivity index (χ1) is 16.1. The van der Waals surface area contributed by atoms with Gasteiger partial charge >= 0.3 is 6.11 Å². The van der Waals surface area contributed by atoms with E-state index in [0.717, 1.165) is 43.4 Å². The van der Waals surface area contributed by atoms with Gasteiger partial charge in [0.05, 0.1) is 10.6 Å². The summed E-state index contributed by atoms with van der Waals surface area (Å²) in [5.41, 5.74) is 0.601. The molecule has 34 heavy (non-hydrogen) atoms. The monoisotopic (exact) mass is 498 g/mol. The molecule has 0 spiro atoms. The Hall–Kier alpha value is -2.67. The third-order valence-corrected chi connectivity index (χ3v) is 6.68. The Balaban J connectivity index is 1.58. The minimum atomic E-state index is -4.24. The molecule has 1 saturated carbocycles. The maximum Gasteiger partial charge on any atom is 0.428 e. The van der Waals surface area contributed by atoms with Crippen molar-refractivity contribution in [2.45, 2.75) is 44.6 Å². The molecule has 0 bridgehead atoms. The van der Waals surface area contributed by atoms with Crippen molar-refractivity contribution < 1.29 is 31.1 Å². The van der Waals surface area contributed by atoms with E-state index in [1.807, 2.05) is 12.1 Å². The molecule has 0 saturated heterocycles. The molecule has 4 rings (SSSR count). The van der Waals surface area contributed by atoms with Crippen LogP contribution in [0.2, 0.25) is 5.02 Å². The molecule has 1 aliphatic rings. The smallest absolute Gasteiger partial charge is 0.428 e. The molecule has 0 heterocycles. The number of ether oxygens (including phenoxy) is 1. The molecule has 180 valence electrons. The lowest BCUT2D eigenvalue weighted by Gasteiger charge is -2.26. The fraction of sp³-hybridized carbons (Fsp3) is 0.308. The van der Waals surface area contributed by atoms with E-state index >= 15 is 4.39 Å². The predicted octanol–water partition coefficient (Wildman–Crippen LogP) is 8.99.